The summed E-state index contributed by atoms with van der Waals surface area (Å²) in [6, 6.07) is 1.94. The van der Waals surface area contributed by atoms with Crippen molar-refractivity contribution in [3.8, 4) is 0 Å². The zero-order valence-electron chi connectivity index (χ0n) is 8.55. The molecule has 1 saturated carbocycles. The molecule has 3 heteroatoms. The van der Waals surface area contributed by atoms with E-state index < -0.39 is 0 Å². The zero-order valence-corrected chi connectivity index (χ0v) is 9.30. The third-order valence-electron chi connectivity index (χ3n) is 2.85. The lowest BCUT2D eigenvalue weighted by molar-refractivity contribution is 0.784. The molecule has 76 valence electrons. The summed E-state index contributed by atoms with van der Waals surface area (Å²) in [6.07, 6.45) is 3.03. The van der Waals surface area contributed by atoms with Crippen molar-refractivity contribution in [1.82, 2.24) is 4.98 Å². The predicted molar refractivity (Wildman–Crippen MR) is 59.7 cm³/mol. The highest BCUT2D eigenvalue weighted by atomic mass is 35.5. The van der Waals surface area contributed by atoms with Gasteiger partial charge in [-0.25, -0.2) is 4.98 Å². The summed E-state index contributed by atoms with van der Waals surface area (Å²) in [6.45, 7) is 5.35. The van der Waals surface area contributed by atoms with Crippen LogP contribution in [0.3, 0.4) is 0 Å². The van der Waals surface area contributed by atoms with Crippen LogP contribution in [0.4, 0.5) is 5.82 Å². The van der Waals surface area contributed by atoms with Crippen molar-refractivity contribution < 1.29 is 0 Å². The molecule has 0 spiro atoms. The van der Waals surface area contributed by atoms with Gasteiger partial charge in [0.05, 0.1) is 5.02 Å². The van der Waals surface area contributed by atoms with Gasteiger partial charge in [-0.2, -0.15) is 0 Å². The second-order valence-electron chi connectivity index (χ2n) is 4.17. The van der Waals surface area contributed by atoms with Gasteiger partial charge in [0, 0.05) is 12.7 Å². The lowest BCUT2D eigenvalue weighted by Crippen LogP contribution is -2.07. The number of aromatic nitrogens is 1. The van der Waals surface area contributed by atoms with E-state index in [1.54, 1.807) is 6.20 Å². The molecule has 2 nitrogen and oxygen atoms in total. The summed E-state index contributed by atoms with van der Waals surface area (Å²) >= 11 is 5.82. The van der Waals surface area contributed by atoms with Crippen molar-refractivity contribution in [2.24, 2.45) is 11.8 Å². The molecule has 1 aromatic rings. The highest BCUT2D eigenvalue weighted by molar-refractivity contribution is 6.30. The van der Waals surface area contributed by atoms with Crippen molar-refractivity contribution in [1.29, 1.82) is 0 Å². The van der Waals surface area contributed by atoms with E-state index >= 15 is 0 Å². The molecular weight excluding hydrogens is 196 g/mol. The second-order valence-corrected chi connectivity index (χ2v) is 4.61. The van der Waals surface area contributed by atoms with Crippen molar-refractivity contribution in [2.45, 2.75) is 20.3 Å². The van der Waals surface area contributed by atoms with Gasteiger partial charge in [-0.15, -0.1) is 0 Å². The lowest BCUT2D eigenvalue weighted by atomic mass is 10.3. The molecule has 1 N–H and O–H groups in total. The van der Waals surface area contributed by atoms with Crippen LogP contribution in [0.2, 0.25) is 5.02 Å². The smallest absolute Gasteiger partial charge is 0.128 e. The van der Waals surface area contributed by atoms with Crippen molar-refractivity contribution in [3.05, 3.63) is 22.8 Å². The average Bonchev–Trinajstić information content (AvgIpc) is 2.80. The monoisotopic (exact) mass is 210 g/mol. The first-order valence-corrected chi connectivity index (χ1v) is 5.40. The molecule has 14 heavy (non-hydrogen) atoms. The van der Waals surface area contributed by atoms with E-state index in [0.29, 0.717) is 5.02 Å². The Kier molecular flexibility index (Phi) is 2.64. The van der Waals surface area contributed by atoms with E-state index in [0.717, 1.165) is 29.8 Å². The molecule has 0 radical (unpaired) electrons. The van der Waals surface area contributed by atoms with Crippen LogP contribution in [-0.4, -0.2) is 11.5 Å². The van der Waals surface area contributed by atoms with Gasteiger partial charge in [0.2, 0.25) is 0 Å². The van der Waals surface area contributed by atoms with Gasteiger partial charge in [0.1, 0.15) is 5.82 Å². The fourth-order valence-corrected chi connectivity index (χ4v) is 1.85. The Morgan fingerprint density at radius 3 is 2.93 bits per heavy atom. The maximum absolute atomic E-state index is 5.82. The van der Waals surface area contributed by atoms with Crippen LogP contribution in [0.5, 0.6) is 0 Å². The topological polar surface area (TPSA) is 24.9 Å². The van der Waals surface area contributed by atoms with E-state index in [1.807, 2.05) is 13.0 Å². The molecule has 2 unspecified atom stereocenters. The number of nitrogens with one attached hydrogen (secondary N) is 1. The molecule has 0 aliphatic heterocycles. The predicted octanol–water partition coefficient (Wildman–Crippen LogP) is 3.11. The first-order chi connectivity index (χ1) is 6.66. The molecular formula is C11H15ClN2. The maximum Gasteiger partial charge on any atom is 0.128 e. The number of hydrogen-bond donors (Lipinski definition) is 1. The Bertz CT molecular complexity index is 338. The fraction of sp³-hybridized carbons (Fsp3) is 0.545. The standard InChI is InChI=1S/C11H15ClN2/c1-7-3-9(7)5-13-11-8(2)4-10(12)6-14-11/h4,6-7,9H,3,5H2,1-2H3,(H,13,14). The number of anilines is 1. The Morgan fingerprint density at radius 1 is 1.64 bits per heavy atom. The Hall–Kier alpha value is -0.760. The summed E-state index contributed by atoms with van der Waals surface area (Å²) < 4.78 is 0. The van der Waals surface area contributed by atoms with Crippen LogP contribution in [0.1, 0.15) is 18.9 Å². The molecule has 1 fully saturated rings. The minimum absolute atomic E-state index is 0.702. The number of halogens is 1. The van der Waals surface area contributed by atoms with Gasteiger partial charge in [-0.3, -0.25) is 0 Å². The van der Waals surface area contributed by atoms with E-state index in [2.05, 4.69) is 17.2 Å². The number of rotatable bonds is 3. The first-order valence-electron chi connectivity index (χ1n) is 5.03. The molecule has 1 aliphatic rings. The Balaban J connectivity index is 1.95. The molecule has 0 aromatic carbocycles. The van der Waals surface area contributed by atoms with Crippen LogP contribution in [0, 0.1) is 18.8 Å². The normalized spacial score (nSPS) is 24.8. The van der Waals surface area contributed by atoms with Crippen LogP contribution in [-0.2, 0) is 0 Å². The average molecular weight is 211 g/mol. The van der Waals surface area contributed by atoms with Crippen LogP contribution in [0.25, 0.3) is 0 Å². The highest BCUT2D eigenvalue weighted by Gasteiger charge is 2.31. The number of aryl methyl sites for hydroxylation is 1. The Morgan fingerprint density at radius 2 is 2.36 bits per heavy atom. The van der Waals surface area contributed by atoms with E-state index in [1.165, 1.54) is 6.42 Å². The number of nitrogens with zero attached hydrogens (tertiary/aromatic N) is 1. The lowest BCUT2D eigenvalue weighted by Gasteiger charge is -2.07. The van der Waals surface area contributed by atoms with Gasteiger partial charge in [0.15, 0.2) is 0 Å². The van der Waals surface area contributed by atoms with Crippen LogP contribution < -0.4 is 5.32 Å². The highest BCUT2D eigenvalue weighted by Crippen LogP contribution is 2.37. The van der Waals surface area contributed by atoms with Gasteiger partial charge in [-0.1, -0.05) is 18.5 Å². The minimum Gasteiger partial charge on any atom is -0.370 e. The maximum atomic E-state index is 5.82. The molecule has 0 amide bonds. The van der Waals surface area contributed by atoms with Gasteiger partial charge in [0.25, 0.3) is 0 Å². The van der Waals surface area contributed by atoms with Gasteiger partial charge < -0.3 is 5.32 Å². The first kappa shape index (κ1) is 9.78. The number of hydrogen-bond acceptors (Lipinski definition) is 2. The summed E-state index contributed by atoms with van der Waals surface area (Å²) in [5.41, 5.74) is 1.12. The SMILES string of the molecule is Cc1cc(Cl)cnc1NCC1CC1C. The summed E-state index contributed by atoms with van der Waals surface area (Å²) in [5.74, 6) is 2.69. The number of pyridine rings is 1. The third kappa shape index (κ3) is 2.18. The molecule has 1 heterocycles. The third-order valence-corrected chi connectivity index (χ3v) is 3.06. The van der Waals surface area contributed by atoms with Crippen molar-refractivity contribution in [2.75, 3.05) is 11.9 Å². The molecule has 1 aromatic heterocycles. The van der Waals surface area contributed by atoms with E-state index in [-0.39, 0.29) is 0 Å². The quantitative estimate of drug-likeness (QED) is 0.830. The molecule has 2 atom stereocenters. The summed E-state index contributed by atoms with van der Waals surface area (Å²) in [5, 5.41) is 4.06. The van der Waals surface area contributed by atoms with E-state index in [4.69, 9.17) is 11.6 Å². The molecule has 0 bridgehead atoms. The zero-order chi connectivity index (χ0) is 10.1. The fourth-order valence-electron chi connectivity index (χ4n) is 1.64. The largest absolute Gasteiger partial charge is 0.370 e. The second kappa shape index (κ2) is 3.77. The van der Waals surface area contributed by atoms with Crippen molar-refractivity contribution >= 4 is 17.4 Å². The van der Waals surface area contributed by atoms with Crippen LogP contribution >= 0.6 is 11.6 Å². The molecule has 1 aliphatic carbocycles. The van der Waals surface area contributed by atoms with E-state index in [9.17, 15) is 0 Å². The van der Waals surface area contributed by atoms with Gasteiger partial charge in [-0.05, 0) is 36.8 Å². The Labute approximate surface area is 89.7 Å². The van der Waals surface area contributed by atoms with Crippen LogP contribution in [0.15, 0.2) is 12.3 Å². The molecule has 2 rings (SSSR count). The minimum atomic E-state index is 0.702. The molecule has 0 saturated heterocycles. The van der Waals surface area contributed by atoms with Gasteiger partial charge >= 0.3 is 0 Å². The summed E-state index contributed by atoms with van der Waals surface area (Å²) in [7, 11) is 0. The van der Waals surface area contributed by atoms with Crippen molar-refractivity contribution in [3.63, 3.8) is 0 Å². The summed E-state index contributed by atoms with van der Waals surface area (Å²) in [4.78, 5) is 4.26.